The fourth-order valence-corrected chi connectivity index (χ4v) is 3.08. The predicted octanol–water partition coefficient (Wildman–Crippen LogP) is 1.85. The molecule has 0 aromatic carbocycles. The van der Waals surface area contributed by atoms with Crippen molar-refractivity contribution in [2.24, 2.45) is 0 Å². The SMILES string of the molecule is CCC(=O)N1CCC(N(c2ccncn2)C2CC2)CC1. The molecule has 0 atom stereocenters. The number of likely N-dealkylation sites (tertiary alicyclic amines) is 1. The molecule has 108 valence electrons. The van der Waals surface area contributed by atoms with Crippen LogP contribution in [0.15, 0.2) is 18.6 Å². The minimum Gasteiger partial charge on any atom is -0.350 e. The second-order valence-corrected chi connectivity index (χ2v) is 5.67. The summed E-state index contributed by atoms with van der Waals surface area (Å²) in [6.45, 7) is 3.70. The molecule has 1 aromatic heterocycles. The van der Waals surface area contributed by atoms with E-state index in [4.69, 9.17) is 0 Å². The maximum atomic E-state index is 11.8. The van der Waals surface area contributed by atoms with Crippen molar-refractivity contribution in [3.8, 4) is 0 Å². The van der Waals surface area contributed by atoms with Crippen LogP contribution in [0.2, 0.25) is 0 Å². The van der Waals surface area contributed by atoms with Gasteiger partial charge in [-0.15, -0.1) is 0 Å². The van der Waals surface area contributed by atoms with Crippen molar-refractivity contribution in [3.05, 3.63) is 18.6 Å². The number of rotatable bonds is 4. The summed E-state index contributed by atoms with van der Waals surface area (Å²) in [6, 6.07) is 3.16. The maximum absolute atomic E-state index is 11.8. The molecule has 1 aromatic rings. The fourth-order valence-electron chi connectivity index (χ4n) is 3.08. The Bertz CT molecular complexity index is 452. The summed E-state index contributed by atoms with van der Waals surface area (Å²) >= 11 is 0. The third kappa shape index (κ3) is 2.76. The summed E-state index contributed by atoms with van der Waals surface area (Å²) in [5.41, 5.74) is 0. The third-order valence-corrected chi connectivity index (χ3v) is 4.28. The second-order valence-electron chi connectivity index (χ2n) is 5.67. The molecule has 3 rings (SSSR count). The highest BCUT2D eigenvalue weighted by atomic mass is 16.2. The van der Waals surface area contributed by atoms with Gasteiger partial charge in [0.25, 0.3) is 0 Å². The largest absolute Gasteiger partial charge is 0.350 e. The molecule has 5 heteroatoms. The van der Waals surface area contributed by atoms with Gasteiger partial charge in [-0.25, -0.2) is 9.97 Å². The summed E-state index contributed by atoms with van der Waals surface area (Å²) in [6.07, 6.45) is 8.67. The summed E-state index contributed by atoms with van der Waals surface area (Å²) in [5, 5.41) is 0. The zero-order valence-corrected chi connectivity index (χ0v) is 12.0. The molecule has 0 N–H and O–H groups in total. The predicted molar refractivity (Wildman–Crippen MR) is 77.4 cm³/mol. The van der Waals surface area contributed by atoms with E-state index < -0.39 is 0 Å². The van der Waals surface area contributed by atoms with Crippen LogP contribution in [0.4, 0.5) is 5.82 Å². The topological polar surface area (TPSA) is 49.3 Å². The lowest BCUT2D eigenvalue weighted by atomic mass is 10.0. The molecule has 2 aliphatic rings. The first-order valence-corrected chi connectivity index (χ1v) is 7.61. The van der Waals surface area contributed by atoms with Crippen LogP contribution in [-0.2, 0) is 4.79 Å². The maximum Gasteiger partial charge on any atom is 0.222 e. The van der Waals surface area contributed by atoms with Gasteiger partial charge < -0.3 is 9.80 Å². The lowest BCUT2D eigenvalue weighted by Crippen LogP contribution is -2.47. The van der Waals surface area contributed by atoms with Gasteiger partial charge >= 0.3 is 0 Å². The van der Waals surface area contributed by atoms with Gasteiger partial charge in [0, 0.05) is 37.8 Å². The van der Waals surface area contributed by atoms with Gasteiger partial charge in [0.15, 0.2) is 0 Å². The third-order valence-electron chi connectivity index (χ3n) is 4.28. The normalized spacial score (nSPS) is 19.9. The lowest BCUT2D eigenvalue weighted by Gasteiger charge is -2.39. The summed E-state index contributed by atoms with van der Waals surface area (Å²) < 4.78 is 0. The number of anilines is 1. The molecule has 1 saturated carbocycles. The first-order valence-electron chi connectivity index (χ1n) is 7.61. The van der Waals surface area contributed by atoms with Crippen LogP contribution in [0.5, 0.6) is 0 Å². The Kier molecular flexibility index (Phi) is 3.85. The van der Waals surface area contributed by atoms with Crippen molar-refractivity contribution < 1.29 is 4.79 Å². The van der Waals surface area contributed by atoms with Crippen LogP contribution in [0.1, 0.15) is 39.0 Å². The van der Waals surface area contributed by atoms with E-state index in [0.29, 0.717) is 18.5 Å². The monoisotopic (exact) mass is 274 g/mol. The lowest BCUT2D eigenvalue weighted by molar-refractivity contribution is -0.131. The van der Waals surface area contributed by atoms with E-state index in [0.717, 1.165) is 31.7 Å². The Hall–Kier alpha value is -1.65. The van der Waals surface area contributed by atoms with Crippen molar-refractivity contribution in [1.82, 2.24) is 14.9 Å². The van der Waals surface area contributed by atoms with E-state index in [1.54, 1.807) is 6.33 Å². The minimum absolute atomic E-state index is 0.281. The van der Waals surface area contributed by atoms with Crippen LogP contribution in [0, 0.1) is 0 Å². The van der Waals surface area contributed by atoms with Crippen LogP contribution in [-0.4, -0.2) is 45.9 Å². The first-order chi connectivity index (χ1) is 9.79. The van der Waals surface area contributed by atoms with Crippen molar-refractivity contribution in [3.63, 3.8) is 0 Å². The summed E-state index contributed by atoms with van der Waals surface area (Å²) in [7, 11) is 0. The molecule has 0 bridgehead atoms. The van der Waals surface area contributed by atoms with Gasteiger partial charge in [-0.2, -0.15) is 0 Å². The number of hydrogen-bond acceptors (Lipinski definition) is 4. The van der Waals surface area contributed by atoms with Crippen LogP contribution in [0.25, 0.3) is 0 Å². The number of carbonyl (C=O) groups excluding carboxylic acids is 1. The standard InChI is InChI=1S/C15H22N4O/c1-2-15(20)18-9-6-13(7-10-18)19(12-3-4-12)14-5-8-16-11-17-14/h5,8,11-13H,2-4,6-7,9-10H2,1H3. The van der Waals surface area contributed by atoms with Crippen molar-refractivity contribution in [2.75, 3.05) is 18.0 Å². The molecule has 0 spiro atoms. The quantitative estimate of drug-likeness (QED) is 0.840. The molecule has 2 fully saturated rings. The van der Waals surface area contributed by atoms with Gasteiger partial charge in [-0.1, -0.05) is 6.92 Å². The molecule has 1 amide bonds. The molecular formula is C15H22N4O. The Morgan fingerprint density at radius 3 is 2.55 bits per heavy atom. The van der Waals surface area contributed by atoms with Crippen molar-refractivity contribution >= 4 is 11.7 Å². The molecule has 1 aliphatic carbocycles. The van der Waals surface area contributed by atoms with Gasteiger partial charge in [-0.05, 0) is 31.7 Å². The molecule has 0 unspecified atom stereocenters. The van der Waals surface area contributed by atoms with Crippen LogP contribution < -0.4 is 4.90 Å². The summed E-state index contributed by atoms with van der Waals surface area (Å²) in [4.78, 5) is 24.6. The number of aromatic nitrogens is 2. The highest BCUT2D eigenvalue weighted by Gasteiger charge is 2.36. The van der Waals surface area contributed by atoms with E-state index in [2.05, 4.69) is 14.9 Å². The zero-order valence-electron chi connectivity index (χ0n) is 12.0. The minimum atomic E-state index is 0.281. The van der Waals surface area contributed by atoms with Crippen LogP contribution >= 0.6 is 0 Å². The molecule has 5 nitrogen and oxygen atoms in total. The average molecular weight is 274 g/mol. The van der Waals surface area contributed by atoms with Gasteiger partial charge in [0.1, 0.15) is 12.1 Å². The van der Waals surface area contributed by atoms with E-state index in [1.165, 1.54) is 12.8 Å². The van der Waals surface area contributed by atoms with E-state index in [1.807, 2.05) is 24.1 Å². The average Bonchev–Trinajstić information content (AvgIpc) is 3.33. The van der Waals surface area contributed by atoms with Crippen molar-refractivity contribution in [1.29, 1.82) is 0 Å². The fraction of sp³-hybridized carbons (Fsp3) is 0.667. The molecule has 20 heavy (non-hydrogen) atoms. The zero-order chi connectivity index (χ0) is 13.9. The van der Waals surface area contributed by atoms with E-state index in [-0.39, 0.29) is 5.91 Å². The molecular weight excluding hydrogens is 252 g/mol. The van der Waals surface area contributed by atoms with Crippen LogP contribution in [0.3, 0.4) is 0 Å². The molecule has 2 heterocycles. The Morgan fingerprint density at radius 1 is 1.30 bits per heavy atom. The van der Waals surface area contributed by atoms with Gasteiger partial charge in [-0.3, -0.25) is 4.79 Å². The first kappa shape index (κ1) is 13.3. The number of carbonyl (C=O) groups is 1. The van der Waals surface area contributed by atoms with E-state index >= 15 is 0 Å². The second kappa shape index (κ2) is 5.77. The van der Waals surface area contributed by atoms with Gasteiger partial charge in [0.05, 0.1) is 0 Å². The highest BCUT2D eigenvalue weighted by molar-refractivity contribution is 5.75. The Balaban J connectivity index is 1.67. The molecule has 0 radical (unpaired) electrons. The van der Waals surface area contributed by atoms with Crippen molar-refractivity contribution in [2.45, 2.75) is 51.1 Å². The Morgan fingerprint density at radius 2 is 2.00 bits per heavy atom. The van der Waals surface area contributed by atoms with E-state index in [9.17, 15) is 4.79 Å². The number of hydrogen-bond donors (Lipinski definition) is 0. The Labute approximate surface area is 120 Å². The smallest absolute Gasteiger partial charge is 0.222 e. The molecule has 1 aliphatic heterocycles. The van der Waals surface area contributed by atoms with Gasteiger partial charge in [0.2, 0.25) is 5.91 Å². The summed E-state index contributed by atoms with van der Waals surface area (Å²) in [5.74, 6) is 1.33. The number of nitrogens with zero attached hydrogens (tertiary/aromatic N) is 4. The number of piperidine rings is 1. The number of amides is 1. The highest BCUT2D eigenvalue weighted by Crippen LogP contribution is 2.35. The molecule has 1 saturated heterocycles.